The molecule has 2 aromatic rings. The number of alkyl carbamates (subject to hydrolysis) is 2. The predicted octanol–water partition coefficient (Wildman–Crippen LogP) is 4.07. The Labute approximate surface area is 294 Å². The Hall–Kier alpha value is -5.18. The van der Waals surface area contributed by atoms with Gasteiger partial charge in [-0.25, -0.2) is 9.59 Å². The van der Waals surface area contributed by atoms with Gasteiger partial charge in [0.2, 0.25) is 5.91 Å². The van der Waals surface area contributed by atoms with Crippen LogP contribution in [-0.4, -0.2) is 77.5 Å². The lowest BCUT2D eigenvalue weighted by atomic mass is 10.2. The van der Waals surface area contributed by atoms with Crippen LogP contribution in [0.1, 0.15) is 73.9 Å². The molecule has 3 amide bonds. The molecule has 0 radical (unpaired) electrons. The topological polar surface area (TPSA) is 222 Å². The van der Waals surface area contributed by atoms with Crippen LogP contribution in [0.25, 0.3) is 0 Å². The van der Waals surface area contributed by atoms with Crippen molar-refractivity contribution in [1.82, 2.24) is 16.0 Å². The van der Waals surface area contributed by atoms with Crippen molar-refractivity contribution in [2.75, 3.05) is 13.1 Å². The van der Waals surface area contributed by atoms with E-state index < -0.39 is 53.3 Å². The van der Waals surface area contributed by atoms with Crippen LogP contribution >= 0.6 is 0 Å². The molecule has 15 nitrogen and oxygen atoms in total. The van der Waals surface area contributed by atoms with Crippen LogP contribution < -0.4 is 21.7 Å². The molecule has 15 heteroatoms. The number of ether oxygens (including phenoxy) is 4. The van der Waals surface area contributed by atoms with Crippen LogP contribution in [0.5, 0.6) is 0 Å². The maximum absolute atomic E-state index is 11.8. The molecule has 0 fully saturated rings. The number of hydrogen-bond donors (Lipinski definition) is 5. The van der Waals surface area contributed by atoms with Gasteiger partial charge >= 0.3 is 30.1 Å². The molecule has 0 bridgehead atoms. The third kappa shape index (κ3) is 25.9. The van der Waals surface area contributed by atoms with Gasteiger partial charge in [0, 0.05) is 0 Å². The number of amides is 3. The summed E-state index contributed by atoms with van der Waals surface area (Å²) in [7, 11) is 0. The second kappa shape index (κ2) is 24.0. The minimum absolute atomic E-state index is 0. The van der Waals surface area contributed by atoms with E-state index in [1.165, 1.54) is 13.8 Å². The molecule has 280 valence electrons. The number of aliphatic carboxylic acids is 1. The van der Waals surface area contributed by atoms with Crippen LogP contribution in [0.15, 0.2) is 60.7 Å². The van der Waals surface area contributed by atoms with Crippen molar-refractivity contribution >= 4 is 36.0 Å². The van der Waals surface area contributed by atoms with Crippen LogP contribution in [0.4, 0.5) is 9.59 Å². The zero-order valence-electron chi connectivity index (χ0n) is 29.4. The summed E-state index contributed by atoms with van der Waals surface area (Å²) in [5, 5.41) is 15.5. The third-order valence-corrected chi connectivity index (χ3v) is 5.27. The predicted molar refractivity (Wildman–Crippen MR) is 187 cm³/mol. The second-order valence-electron chi connectivity index (χ2n) is 12.3. The number of benzene rings is 2. The number of hydrogen-bond acceptors (Lipinski definition) is 11. The van der Waals surface area contributed by atoms with E-state index in [1.807, 2.05) is 60.7 Å². The summed E-state index contributed by atoms with van der Waals surface area (Å²) < 4.78 is 19.7. The minimum Gasteiger partial charge on any atom is -0.480 e. The van der Waals surface area contributed by atoms with Crippen LogP contribution in [0.2, 0.25) is 0 Å². The molecule has 0 aromatic heterocycles. The molecule has 0 heterocycles. The van der Waals surface area contributed by atoms with E-state index in [0.29, 0.717) is 0 Å². The third-order valence-electron chi connectivity index (χ3n) is 5.27. The first-order valence-corrected chi connectivity index (χ1v) is 15.3. The lowest BCUT2D eigenvalue weighted by molar-refractivity contribution is -0.155. The number of esters is 2. The van der Waals surface area contributed by atoms with E-state index in [1.54, 1.807) is 41.5 Å². The summed E-state index contributed by atoms with van der Waals surface area (Å²) >= 11 is 0. The van der Waals surface area contributed by atoms with E-state index in [0.717, 1.165) is 11.1 Å². The van der Waals surface area contributed by atoms with E-state index in [4.69, 9.17) is 29.8 Å². The van der Waals surface area contributed by atoms with Gasteiger partial charge in [0.05, 0.1) is 6.54 Å². The van der Waals surface area contributed by atoms with Crippen LogP contribution in [0.3, 0.4) is 0 Å². The van der Waals surface area contributed by atoms with Gasteiger partial charge in [0.25, 0.3) is 0 Å². The van der Waals surface area contributed by atoms with E-state index >= 15 is 0 Å². The number of carbonyl (C=O) groups excluding carboxylic acids is 5. The summed E-state index contributed by atoms with van der Waals surface area (Å²) in [5.74, 6) is -2.51. The molecule has 50 heavy (non-hydrogen) atoms. The summed E-state index contributed by atoms with van der Waals surface area (Å²) in [4.78, 5) is 67.1. The van der Waals surface area contributed by atoms with Crippen molar-refractivity contribution in [3.63, 3.8) is 0 Å². The zero-order valence-corrected chi connectivity index (χ0v) is 29.4. The first-order chi connectivity index (χ1) is 22.7. The summed E-state index contributed by atoms with van der Waals surface area (Å²) in [5.41, 5.74) is 5.67. The molecule has 0 spiro atoms. The molecule has 0 aliphatic heterocycles. The number of nitrogens with two attached hydrogens (primary N) is 1. The largest absolute Gasteiger partial charge is 0.480 e. The Morgan fingerprint density at radius 3 is 1.40 bits per heavy atom. The molecule has 2 atom stereocenters. The van der Waals surface area contributed by atoms with Crippen LogP contribution in [0, 0.1) is 0 Å². The van der Waals surface area contributed by atoms with Gasteiger partial charge in [-0.1, -0.05) is 68.1 Å². The standard InChI is InChI=1S/C17H24N2O5.C11H13NO4.C6H13NO2.CH4/c1-12(15(21)18-10-14(20)24-17(2,3)4)19-16(22)23-11-13-8-6-5-7-9-13;1-8(10(13)14)12-11(15)16-7-9-5-3-2-4-6-9;1-6(2,3)9-5(8)4-7;/h5-9,12H,10-11H2,1-4H3,(H,18,21)(H,19,22);2-6,8H,7H2,1H3,(H,12,15)(H,13,14);4,7H2,1-3H3;1H4. The number of carbonyl (C=O) groups is 6. The summed E-state index contributed by atoms with van der Waals surface area (Å²) in [6, 6.07) is 16.5. The first kappa shape index (κ1) is 46.9. The van der Waals surface area contributed by atoms with Gasteiger partial charge in [0.15, 0.2) is 0 Å². The molecule has 0 aliphatic carbocycles. The molecule has 0 saturated heterocycles. The van der Waals surface area contributed by atoms with E-state index in [2.05, 4.69) is 16.0 Å². The number of carboxylic acid groups (broad SMARTS) is 1. The van der Waals surface area contributed by atoms with Gasteiger partial charge in [-0.15, -0.1) is 0 Å². The average molecular weight is 707 g/mol. The second-order valence-corrected chi connectivity index (χ2v) is 12.3. The number of nitrogens with one attached hydrogen (secondary N) is 3. The Balaban J connectivity index is 0. The molecular formula is C35H54N4O11. The van der Waals surface area contributed by atoms with Crippen molar-refractivity contribution in [2.45, 2.75) is 99.3 Å². The van der Waals surface area contributed by atoms with Crippen molar-refractivity contribution in [3.05, 3.63) is 71.8 Å². The van der Waals surface area contributed by atoms with E-state index in [9.17, 15) is 28.8 Å². The molecule has 2 aromatic carbocycles. The maximum Gasteiger partial charge on any atom is 0.408 e. The monoisotopic (exact) mass is 706 g/mol. The molecule has 2 rings (SSSR count). The SMILES string of the molecule is C.CC(C)(C)OC(=O)CN.CC(NC(=O)OCc1ccccc1)C(=O)NCC(=O)OC(C)(C)C.CC(NC(=O)OCc1ccccc1)C(=O)O. The molecule has 0 aliphatic rings. The highest BCUT2D eigenvalue weighted by Gasteiger charge is 2.20. The van der Waals surface area contributed by atoms with Crippen molar-refractivity contribution in [1.29, 1.82) is 0 Å². The molecule has 6 N–H and O–H groups in total. The van der Waals surface area contributed by atoms with Gasteiger partial charge < -0.3 is 45.7 Å². The van der Waals surface area contributed by atoms with Gasteiger partial charge in [-0.3, -0.25) is 19.2 Å². The zero-order chi connectivity index (χ0) is 37.6. The Morgan fingerprint density at radius 2 is 1.06 bits per heavy atom. The lowest BCUT2D eigenvalue weighted by Crippen LogP contribution is -2.46. The van der Waals surface area contributed by atoms with Crippen LogP contribution in [-0.2, 0) is 51.3 Å². The van der Waals surface area contributed by atoms with Crippen molar-refractivity contribution in [3.8, 4) is 0 Å². The first-order valence-electron chi connectivity index (χ1n) is 15.3. The summed E-state index contributed by atoms with van der Waals surface area (Å²) in [6.07, 6.45) is -1.45. The van der Waals surface area contributed by atoms with Gasteiger partial charge in [-0.2, -0.15) is 0 Å². The highest BCUT2D eigenvalue weighted by Crippen LogP contribution is 2.07. The highest BCUT2D eigenvalue weighted by molar-refractivity contribution is 5.88. The smallest absolute Gasteiger partial charge is 0.408 e. The Morgan fingerprint density at radius 1 is 0.680 bits per heavy atom. The van der Waals surface area contributed by atoms with E-state index in [-0.39, 0.29) is 39.7 Å². The molecule has 2 unspecified atom stereocenters. The fraction of sp³-hybridized carbons (Fsp3) is 0.486. The normalized spacial score (nSPS) is 11.5. The lowest BCUT2D eigenvalue weighted by Gasteiger charge is -2.20. The number of carboxylic acids is 1. The fourth-order valence-electron chi connectivity index (χ4n) is 3.08. The highest BCUT2D eigenvalue weighted by atomic mass is 16.6. The molecule has 0 saturated carbocycles. The number of rotatable bonds is 11. The quantitative estimate of drug-likeness (QED) is 0.165. The molecular weight excluding hydrogens is 652 g/mol. The minimum atomic E-state index is -1.10. The van der Waals surface area contributed by atoms with Gasteiger partial charge in [0.1, 0.15) is 43.0 Å². The fourth-order valence-corrected chi connectivity index (χ4v) is 3.08. The van der Waals surface area contributed by atoms with Gasteiger partial charge in [-0.05, 0) is 66.5 Å². The average Bonchev–Trinajstić information content (AvgIpc) is 3.01. The maximum atomic E-state index is 11.8. The van der Waals surface area contributed by atoms with Crippen molar-refractivity contribution < 1.29 is 52.8 Å². The van der Waals surface area contributed by atoms with Crippen molar-refractivity contribution in [2.24, 2.45) is 5.73 Å². The Kier molecular flexibility index (Phi) is 22.6. The Bertz CT molecular complexity index is 1330. The summed E-state index contributed by atoms with van der Waals surface area (Å²) in [6.45, 7) is 13.4.